The molecule has 1 saturated heterocycles. The summed E-state index contributed by atoms with van der Waals surface area (Å²) < 4.78 is 42.3. The molecule has 0 amide bonds. The summed E-state index contributed by atoms with van der Waals surface area (Å²) in [5.74, 6) is 0. The van der Waals surface area contributed by atoms with Gasteiger partial charge in [-0.05, 0) is 17.5 Å². The van der Waals surface area contributed by atoms with Crippen molar-refractivity contribution in [2.24, 2.45) is 0 Å². The average Bonchev–Trinajstić information content (AvgIpc) is 2.01. The molecule has 1 aliphatic rings. The molecule has 1 unspecified atom stereocenters. The maximum absolute atomic E-state index is 12.3. The first-order valence-corrected chi connectivity index (χ1v) is 6.86. The van der Waals surface area contributed by atoms with Gasteiger partial charge in [0, 0.05) is 13.0 Å². The number of hydrogen-bond acceptors (Lipinski definition) is 1. The molecular formula is C9H17F3OSi. The Labute approximate surface area is 84.4 Å². The first kappa shape index (κ1) is 12.0. The first-order valence-electron chi connectivity index (χ1n) is 5.00. The van der Waals surface area contributed by atoms with E-state index < -0.39 is 26.7 Å². The van der Waals surface area contributed by atoms with Crippen molar-refractivity contribution in [3.63, 3.8) is 0 Å². The molecule has 1 atom stereocenters. The van der Waals surface area contributed by atoms with Crippen molar-refractivity contribution in [2.45, 2.75) is 50.4 Å². The number of alkyl halides is 3. The van der Waals surface area contributed by atoms with E-state index in [4.69, 9.17) is 4.43 Å². The molecule has 0 bridgehead atoms. The summed E-state index contributed by atoms with van der Waals surface area (Å²) in [5.41, 5.74) is 0. The molecule has 5 heteroatoms. The molecule has 0 radical (unpaired) electrons. The lowest BCUT2D eigenvalue weighted by Crippen LogP contribution is -2.37. The van der Waals surface area contributed by atoms with Crippen molar-refractivity contribution in [3.8, 4) is 0 Å². The summed E-state index contributed by atoms with van der Waals surface area (Å²) in [6.45, 7) is 4.06. The maximum Gasteiger partial charge on any atom is 0.389 e. The van der Waals surface area contributed by atoms with Gasteiger partial charge in [0.25, 0.3) is 0 Å². The summed E-state index contributed by atoms with van der Waals surface area (Å²) in [4.78, 5) is 0. The van der Waals surface area contributed by atoms with Gasteiger partial charge < -0.3 is 4.43 Å². The predicted octanol–water partition coefficient (Wildman–Crippen LogP) is 3.25. The van der Waals surface area contributed by atoms with Crippen LogP contribution >= 0.6 is 0 Å². The van der Waals surface area contributed by atoms with E-state index >= 15 is 0 Å². The smallest absolute Gasteiger partial charge is 0.389 e. The fourth-order valence-electron chi connectivity index (χ4n) is 1.99. The molecule has 0 aromatic rings. The number of hydrogen-bond donors (Lipinski definition) is 0. The Bertz CT molecular complexity index is 185. The van der Waals surface area contributed by atoms with Gasteiger partial charge in [-0.3, -0.25) is 0 Å². The maximum atomic E-state index is 12.3. The first-order chi connectivity index (χ1) is 6.31. The zero-order chi connectivity index (χ0) is 10.8. The van der Waals surface area contributed by atoms with Crippen LogP contribution in [0.4, 0.5) is 13.2 Å². The fraction of sp³-hybridized carbons (Fsp3) is 1.00. The Morgan fingerprint density at radius 1 is 1.21 bits per heavy atom. The van der Waals surface area contributed by atoms with E-state index in [-0.39, 0.29) is 0 Å². The van der Waals surface area contributed by atoms with Crippen LogP contribution in [0.5, 0.6) is 0 Å². The summed E-state index contributed by atoms with van der Waals surface area (Å²) in [6.07, 6.45) is -2.71. The Kier molecular flexibility index (Phi) is 3.63. The molecule has 1 rings (SSSR count). The van der Waals surface area contributed by atoms with Crippen LogP contribution in [-0.4, -0.2) is 21.8 Å². The van der Waals surface area contributed by atoms with Crippen LogP contribution in [0.15, 0.2) is 0 Å². The average molecular weight is 226 g/mol. The van der Waals surface area contributed by atoms with Crippen molar-refractivity contribution in [3.05, 3.63) is 0 Å². The topological polar surface area (TPSA) is 9.23 Å². The number of halogens is 3. The Balaban J connectivity index is 2.54. The molecule has 0 N–H and O–H groups in total. The van der Waals surface area contributed by atoms with Gasteiger partial charge in [-0.1, -0.05) is 20.3 Å². The molecule has 14 heavy (non-hydrogen) atoms. The van der Waals surface area contributed by atoms with Gasteiger partial charge in [-0.25, -0.2) is 0 Å². The van der Waals surface area contributed by atoms with Crippen molar-refractivity contribution in [1.29, 1.82) is 0 Å². The van der Waals surface area contributed by atoms with E-state index in [1.54, 1.807) is 13.8 Å². The van der Waals surface area contributed by atoms with E-state index in [1.807, 2.05) is 0 Å². The van der Waals surface area contributed by atoms with Crippen LogP contribution < -0.4 is 0 Å². The van der Waals surface area contributed by atoms with Crippen LogP contribution in [0.2, 0.25) is 11.1 Å². The molecule has 0 aromatic heterocycles. The summed E-state index contributed by atoms with van der Waals surface area (Å²) in [6, 6.07) is 0.892. The molecule has 0 spiro atoms. The van der Waals surface area contributed by atoms with Gasteiger partial charge in [-0.15, -0.1) is 0 Å². The molecule has 1 heterocycles. The van der Waals surface area contributed by atoms with Crippen molar-refractivity contribution >= 4 is 9.04 Å². The van der Waals surface area contributed by atoms with Gasteiger partial charge in [0.2, 0.25) is 0 Å². The summed E-state index contributed by atoms with van der Waals surface area (Å²) in [5, 5.41) is -0.654. The highest BCUT2D eigenvalue weighted by Crippen LogP contribution is 2.43. The highest BCUT2D eigenvalue weighted by molar-refractivity contribution is 6.55. The monoisotopic (exact) mass is 226 g/mol. The molecule has 84 valence electrons. The fourth-order valence-corrected chi connectivity index (χ4v) is 4.96. The van der Waals surface area contributed by atoms with Crippen molar-refractivity contribution in [1.82, 2.24) is 0 Å². The molecule has 1 aliphatic heterocycles. The second kappa shape index (κ2) is 4.22. The minimum Gasteiger partial charge on any atom is -0.419 e. The minimum atomic E-state index is -4.06. The quantitative estimate of drug-likeness (QED) is 0.657. The SMILES string of the molecule is CC(C)(CC(F)(F)F)[SiH]1CCCCO1. The van der Waals surface area contributed by atoms with Gasteiger partial charge in [-0.2, -0.15) is 13.2 Å². The van der Waals surface area contributed by atoms with E-state index in [9.17, 15) is 13.2 Å². The lowest BCUT2D eigenvalue weighted by atomic mass is 10.1. The zero-order valence-corrected chi connectivity index (χ0v) is 9.81. The molecule has 0 aromatic carbocycles. The molecule has 0 aliphatic carbocycles. The Hall–Kier alpha value is -0.0331. The molecule has 0 saturated carbocycles. The van der Waals surface area contributed by atoms with Gasteiger partial charge in [0.1, 0.15) is 0 Å². The largest absolute Gasteiger partial charge is 0.419 e. The predicted molar refractivity (Wildman–Crippen MR) is 51.9 cm³/mol. The van der Waals surface area contributed by atoms with Crippen LogP contribution in [0.25, 0.3) is 0 Å². The van der Waals surface area contributed by atoms with E-state index in [1.165, 1.54) is 0 Å². The Morgan fingerprint density at radius 2 is 1.86 bits per heavy atom. The van der Waals surface area contributed by atoms with Crippen LogP contribution in [0, 0.1) is 0 Å². The second-order valence-electron chi connectivity index (χ2n) is 4.64. The minimum absolute atomic E-state index is 0.654. The third-order valence-electron chi connectivity index (χ3n) is 2.71. The third kappa shape index (κ3) is 3.61. The van der Waals surface area contributed by atoms with Crippen LogP contribution in [0.1, 0.15) is 33.1 Å². The normalized spacial score (nSPS) is 25.1. The Morgan fingerprint density at radius 3 is 2.29 bits per heavy atom. The van der Waals surface area contributed by atoms with Crippen molar-refractivity contribution < 1.29 is 17.6 Å². The zero-order valence-electron chi connectivity index (χ0n) is 8.66. The lowest BCUT2D eigenvalue weighted by molar-refractivity contribution is -0.141. The highest BCUT2D eigenvalue weighted by atomic mass is 28.3. The standard InChI is InChI=1S/C9H17F3OSi/c1-8(2,7-9(10,11)12)14-6-4-3-5-13-14/h14H,3-7H2,1-2H3. The molecule has 1 nitrogen and oxygen atoms in total. The van der Waals surface area contributed by atoms with Crippen LogP contribution in [0.3, 0.4) is 0 Å². The summed E-state index contributed by atoms with van der Waals surface area (Å²) in [7, 11) is -1.66. The summed E-state index contributed by atoms with van der Waals surface area (Å²) >= 11 is 0. The van der Waals surface area contributed by atoms with Gasteiger partial charge >= 0.3 is 6.18 Å². The van der Waals surface area contributed by atoms with E-state index in [0.29, 0.717) is 6.61 Å². The van der Waals surface area contributed by atoms with E-state index in [0.717, 1.165) is 18.9 Å². The third-order valence-corrected chi connectivity index (χ3v) is 6.23. The van der Waals surface area contributed by atoms with Crippen LogP contribution in [-0.2, 0) is 4.43 Å². The second-order valence-corrected chi connectivity index (χ2v) is 8.09. The number of rotatable bonds is 2. The highest BCUT2D eigenvalue weighted by Gasteiger charge is 2.43. The van der Waals surface area contributed by atoms with Gasteiger partial charge in [0.05, 0.1) is 0 Å². The lowest BCUT2D eigenvalue weighted by Gasteiger charge is -2.35. The molecule has 1 fully saturated rings. The van der Waals surface area contributed by atoms with Gasteiger partial charge in [0.15, 0.2) is 9.04 Å². The van der Waals surface area contributed by atoms with E-state index in [2.05, 4.69) is 0 Å². The molecular weight excluding hydrogens is 209 g/mol. The van der Waals surface area contributed by atoms with Crippen molar-refractivity contribution in [2.75, 3.05) is 6.61 Å².